The first-order valence-corrected chi connectivity index (χ1v) is 7.44. The Bertz CT molecular complexity index is 727. The minimum atomic E-state index is -0.596. The van der Waals surface area contributed by atoms with Crippen LogP contribution in [0.1, 0.15) is 23.5 Å². The van der Waals surface area contributed by atoms with Crippen LogP contribution in [0.15, 0.2) is 42.5 Å². The predicted molar refractivity (Wildman–Crippen MR) is 81.8 cm³/mol. The van der Waals surface area contributed by atoms with Gasteiger partial charge in [-0.05, 0) is 36.2 Å². The van der Waals surface area contributed by atoms with Gasteiger partial charge in [0.2, 0.25) is 5.91 Å². The number of phenols is 1. The molecule has 1 saturated carbocycles. The van der Waals surface area contributed by atoms with Crippen molar-refractivity contribution in [2.24, 2.45) is 5.92 Å². The van der Waals surface area contributed by atoms with E-state index in [2.05, 4.69) is 0 Å². The van der Waals surface area contributed by atoms with Crippen LogP contribution in [0.3, 0.4) is 0 Å². The third-order valence-electron chi connectivity index (χ3n) is 4.18. The van der Waals surface area contributed by atoms with Gasteiger partial charge in [0, 0.05) is 31.0 Å². The SMILES string of the molecule is CN(Cc1cccc(O)c1)C(=O)[C@@H]1C[C@@H]1c1c(F)cccc1F. The summed E-state index contributed by atoms with van der Waals surface area (Å²) in [4.78, 5) is 13.9. The molecule has 0 aliphatic heterocycles. The molecule has 0 saturated heterocycles. The van der Waals surface area contributed by atoms with Crippen molar-refractivity contribution in [2.75, 3.05) is 7.05 Å². The Morgan fingerprint density at radius 1 is 1.22 bits per heavy atom. The molecular formula is C18H17F2NO2. The molecular weight excluding hydrogens is 300 g/mol. The van der Waals surface area contributed by atoms with Crippen LogP contribution < -0.4 is 0 Å². The van der Waals surface area contributed by atoms with Gasteiger partial charge >= 0.3 is 0 Å². The van der Waals surface area contributed by atoms with E-state index in [1.165, 1.54) is 23.1 Å². The number of nitrogens with zero attached hydrogens (tertiary/aromatic N) is 1. The van der Waals surface area contributed by atoms with E-state index in [4.69, 9.17) is 0 Å². The number of aromatic hydroxyl groups is 1. The van der Waals surface area contributed by atoms with E-state index in [0.29, 0.717) is 13.0 Å². The monoisotopic (exact) mass is 317 g/mol. The molecule has 1 amide bonds. The van der Waals surface area contributed by atoms with E-state index in [-0.39, 0.29) is 23.1 Å². The second-order valence-corrected chi connectivity index (χ2v) is 5.95. The zero-order chi connectivity index (χ0) is 16.6. The maximum absolute atomic E-state index is 13.8. The highest BCUT2D eigenvalue weighted by Crippen LogP contribution is 2.50. The van der Waals surface area contributed by atoms with Gasteiger partial charge in [-0.25, -0.2) is 8.78 Å². The van der Waals surface area contributed by atoms with Crippen molar-refractivity contribution in [2.45, 2.75) is 18.9 Å². The van der Waals surface area contributed by atoms with E-state index in [0.717, 1.165) is 5.56 Å². The fraction of sp³-hybridized carbons (Fsp3) is 0.278. The summed E-state index contributed by atoms with van der Waals surface area (Å²) in [5.74, 6) is -1.97. The Balaban J connectivity index is 1.68. The smallest absolute Gasteiger partial charge is 0.226 e. The Morgan fingerprint density at radius 3 is 2.52 bits per heavy atom. The van der Waals surface area contributed by atoms with Crippen LogP contribution in [-0.4, -0.2) is 23.0 Å². The second kappa shape index (κ2) is 5.99. The van der Waals surface area contributed by atoms with Gasteiger partial charge in [0.15, 0.2) is 0 Å². The summed E-state index contributed by atoms with van der Waals surface area (Å²) in [6.45, 7) is 0.343. The molecule has 1 aliphatic carbocycles. The number of rotatable bonds is 4. The van der Waals surface area contributed by atoms with Crippen LogP contribution in [0, 0.1) is 17.6 Å². The van der Waals surface area contributed by atoms with E-state index in [9.17, 15) is 18.7 Å². The summed E-state index contributed by atoms with van der Waals surface area (Å²) in [5, 5.41) is 9.45. The average Bonchev–Trinajstić information content (AvgIpc) is 3.26. The van der Waals surface area contributed by atoms with Crippen molar-refractivity contribution in [3.8, 4) is 5.75 Å². The van der Waals surface area contributed by atoms with Gasteiger partial charge in [-0.15, -0.1) is 0 Å². The summed E-state index contributed by atoms with van der Waals surface area (Å²) in [7, 11) is 1.65. The summed E-state index contributed by atoms with van der Waals surface area (Å²) in [5.41, 5.74) is 0.812. The third-order valence-corrected chi connectivity index (χ3v) is 4.18. The number of carbonyl (C=O) groups excluding carboxylic acids is 1. The molecule has 0 heterocycles. The lowest BCUT2D eigenvalue weighted by Crippen LogP contribution is -2.28. The summed E-state index contributed by atoms with van der Waals surface area (Å²) in [6.07, 6.45) is 0.459. The van der Waals surface area contributed by atoms with Gasteiger partial charge in [0.05, 0.1) is 0 Å². The Hall–Kier alpha value is -2.43. The third kappa shape index (κ3) is 3.18. The maximum atomic E-state index is 13.8. The van der Waals surface area contributed by atoms with Crippen LogP contribution in [0.25, 0.3) is 0 Å². The van der Waals surface area contributed by atoms with Crippen molar-refractivity contribution in [1.82, 2.24) is 4.90 Å². The largest absolute Gasteiger partial charge is 0.508 e. The molecule has 0 radical (unpaired) electrons. The number of halogens is 2. The molecule has 5 heteroatoms. The van der Waals surface area contributed by atoms with Crippen molar-refractivity contribution >= 4 is 5.91 Å². The fourth-order valence-electron chi connectivity index (χ4n) is 2.94. The van der Waals surface area contributed by atoms with Gasteiger partial charge in [0.25, 0.3) is 0 Å². The van der Waals surface area contributed by atoms with E-state index < -0.39 is 17.6 Å². The van der Waals surface area contributed by atoms with Crippen molar-refractivity contribution < 1.29 is 18.7 Å². The molecule has 1 N–H and O–H groups in total. The normalized spacial score (nSPS) is 19.4. The zero-order valence-corrected chi connectivity index (χ0v) is 12.7. The molecule has 3 nitrogen and oxygen atoms in total. The van der Waals surface area contributed by atoms with Gasteiger partial charge in [-0.1, -0.05) is 18.2 Å². The molecule has 0 aromatic heterocycles. The van der Waals surface area contributed by atoms with Crippen molar-refractivity contribution in [1.29, 1.82) is 0 Å². The molecule has 2 aromatic rings. The topological polar surface area (TPSA) is 40.5 Å². The maximum Gasteiger partial charge on any atom is 0.226 e. The molecule has 1 fully saturated rings. The summed E-state index contributed by atoms with van der Waals surface area (Å²) < 4.78 is 27.6. The Labute approximate surface area is 133 Å². The highest BCUT2D eigenvalue weighted by molar-refractivity contribution is 5.82. The molecule has 3 rings (SSSR count). The zero-order valence-electron chi connectivity index (χ0n) is 12.7. The number of amides is 1. The Kier molecular flexibility index (Phi) is 4.03. The lowest BCUT2D eigenvalue weighted by atomic mass is 10.1. The first kappa shape index (κ1) is 15.5. The first-order valence-electron chi connectivity index (χ1n) is 7.44. The number of phenolic OH excluding ortho intramolecular Hbond substituents is 1. The summed E-state index contributed by atoms with van der Waals surface area (Å²) >= 11 is 0. The molecule has 0 unspecified atom stereocenters. The van der Waals surface area contributed by atoms with Gasteiger partial charge < -0.3 is 10.0 Å². The second-order valence-electron chi connectivity index (χ2n) is 5.95. The van der Waals surface area contributed by atoms with E-state index in [1.54, 1.807) is 25.2 Å². The summed E-state index contributed by atoms with van der Waals surface area (Å²) in [6, 6.07) is 10.4. The predicted octanol–water partition coefficient (Wildman–Crippen LogP) is 3.43. The molecule has 1 aliphatic rings. The molecule has 0 spiro atoms. The van der Waals surface area contributed by atoms with Gasteiger partial charge in [0.1, 0.15) is 17.4 Å². The highest BCUT2D eigenvalue weighted by Gasteiger charge is 2.47. The van der Waals surface area contributed by atoms with Crippen LogP contribution in [-0.2, 0) is 11.3 Å². The fourth-order valence-corrected chi connectivity index (χ4v) is 2.94. The van der Waals surface area contributed by atoms with Gasteiger partial charge in [-0.2, -0.15) is 0 Å². The van der Waals surface area contributed by atoms with Gasteiger partial charge in [-0.3, -0.25) is 4.79 Å². The number of benzene rings is 2. The quantitative estimate of drug-likeness (QED) is 0.938. The van der Waals surface area contributed by atoms with Crippen molar-refractivity contribution in [3.63, 3.8) is 0 Å². The number of hydrogen-bond acceptors (Lipinski definition) is 2. The van der Waals surface area contributed by atoms with Crippen LogP contribution >= 0.6 is 0 Å². The average molecular weight is 317 g/mol. The number of carbonyl (C=O) groups is 1. The van der Waals surface area contributed by atoms with Crippen LogP contribution in [0.4, 0.5) is 8.78 Å². The standard InChI is InChI=1S/C18H17F2NO2/c1-21(10-11-4-2-5-12(22)8-11)18(23)14-9-13(14)17-15(19)6-3-7-16(17)20/h2-8,13-14,22H,9-10H2,1H3/t13-,14+/m0/s1. The minimum absolute atomic E-state index is 0.0107. The highest BCUT2D eigenvalue weighted by atomic mass is 19.1. The molecule has 0 bridgehead atoms. The van der Waals surface area contributed by atoms with Crippen LogP contribution in [0.5, 0.6) is 5.75 Å². The van der Waals surface area contributed by atoms with Crippen LogP contribution in [0.2, 0.25) is 0 Å². The number of hydrogen-bond donors (Lipinski definition) is 1. The van der Waals surface area contributed by atoms with E-state index in [1.807, 2.05) is 6.07 Å². The minimum Gasteiger partial charge on any atom is -0.508 e. The first-order chi connectivity index (χ1) is 11.0. The Morgan fingerprint density at radius 2 is 1.87 bits per heavy atom. The molecule has 23 heavy (non-hydrogen) atoms. The molecule has 120 valence electrons. The van der Waals surface area contributed by atoms with E-state index >= 15 is 0 Å². The molecule has 2 atom stereocenters. The lowest BCUT2D eigenvalue weighted by molar-refractivity contribution is -0.131. The molecule has 2 aromatic carbocycles. The lowest BCUT2D eigenvalue weighted by Gasteiger charge is -2.17. The van der Waals surface area contributed by atoms with Crippen molar-refractivity contribution in [3.05, 3.63) is 65.2 Å².